The molecule has 1 rings (SSSR count). The number of alkyl halides is 4. The molecule has 0 aliphatic heterocycles. The summed E-state index contributed by atoms with van der Waals surface area (Å²) in [7, 11) is 0. The van der Waals surface area contributed by atoms with E-state index in [1.807, 2.05) is 30.3 Å². The fraction of sp³-hybridized carbons (Fsp3) is 0.455. The highest BCUT2D eigenvalue weighted by molar-refractivity contribution is 6.18. The Hall–Kier alpha value is -0.740. The molecular formula is C11H12ClF3O. The van der Waals surface area contributed by atoms with E-state index < -0.39 is 12.8 Å². The Morgan fingerprint density at radius 1 is 1.19 bits per heavy atom. The molecule has 0 amide bonds. The first kappa shape index (κ1) is 13.3. The number of ether oxygens (including phenoxy) is 1. The lowest BCUT2D eigenvalue weighted by molar-refractivity contribution is -0.174. The third kappa shape index (κ3) is 4.86. The molecule has 0 fully saturated rings. The first-order valence-electron chi connectivity index (χ1n) is 4.78. The van der Waals surface area contributed by atoms with E-state index in [1.54, 1.807) is 0 Å². The molecule has 0 aliphatic rings. The van der Waals surface area contributed by atoms with Crippen LogP contribution in [0.25, 0.3) is 0 Å². The Morgan fingerprint density at radius 3 is 2.31 bits per heavy atom. The number of benzene rings is 1. The van der Waals surface area contributed by atoms with E-state index in [2.05, 4.69) is 4.74 Å². The lowest BCUT2D eigenvalue weighted by Gasteiger charge is -2.15. The maximum absolute atomic E-state index is 11.9. The Morgan fingerprint density at radius 2 is 1.81 bits per heavy atom. The summed E-state index contributed by atoms with van der Waals surface area (Å²) in [4.78, 5) is 0. The van der Waals surface area contributed by atoms with Gasteiger partial charge in [-0.15, -0.1) is 11.6 Å². The van der Waals surface area contributed by atoms with Crippen LogP contribution in [0.1, 0.15) is 11.5 Å². The second-order valence-electron chi connectivity index (χ2n) is 3.39. The summed E-state index contributed by atoms with van der Waals surface area (Å²) in [6.45, 7) is -1.25. The number of hydrogen-bond acceptors (Lipinski definition) is 1. The van der Waals surface area contributed by atoms with Gasteiger partial charge < -0.3 is 4.74 Å². The molecular weight excluding hydrogens is 241 g/mol. The van der Waals surface area contributed by atoms with Crippen LogP contribution in [0.5, 0.6) is 0 Å². The molecule has 0 aliphatic carbocycles. The fourth-order valence-electron chi connectivity index (χ4n) is 1.27. The van der Waals surface area contributed by atoms with Crippen LogP contribution in [0.15, 0.2) is 30.3 Å². The molecule has 0 heterocycles. The van der Waals surface area contributed by atoms with Crippen LogP contribution >= 0.6 is 11.6 Å². The fourth-order valence-corrected chi connectivity index (χ4v) is 1.54. The van der Waals surface area contributed by atoms with Crippen molar-refractivity contribution in [2.75, 3.05) is 19.1 Å². The van der Waals surface area contributed by atoms with Gasteiger partial charge in [-0.25, -0.2) is 0 Å². The maximum atomic E-state index is 11.9. The third-order valence-corrected chi connectivity index (χ3v) is 2.41. The first-order valence-corrected chi connectivity index (χ1v) is 5.32. The zero-order valence-corrected chi connectivity index (χ0v) is 9.26. The van der Waals surface area contributed by atoms with Crippen molar-refractivity contribution in [3.63, 3.8) is 0 Å². The number of hydrogen-bond donors (Lipinski definition) is 0. The van der Waals surface area contributed by atoms with E-state index in [0.29, 0.717) is 0 Å². The summed E-state index contributed by atoms with van der Waals surface area (Å²) in [5.41, 5.74) is 0.889. The van der Waals surface area contributed by atoms with Crippen molar-refractivity contribution in [1.82, 2.24) is 0 Å². The molecule has 1 nitrogen and oxygen atoms in total. The summed E-state index contributed by atoms with van der Waals surface area (Å²) >= 11 is 5.69. The zero-order valence-electron chi connectivity index (χ0n) is 8.51. The highest BCUT2D eigenvalue weighted by atomic mass is 35.5. The van der Waals surface area contributed by atoms with Crippen molar-refractivity contribution in [2.24, 2.45) is 0 Å². The highest BCUT2D eigenvalue weighted by Gasteiger charge is 2.28. The minimum Gasteiger partial charge on any atom is -0.371 e. The molecule has 0 N–H and O–H groups in total. The molecule has 1 atom stereocenters. The summed E-state index contributed by atoms with van der Waals surface area (Å²) in [5.74, 6) is 0.0345. The van der Waals surface area contributed by atoms with Gasteiger partial charge in [-0.2, -0.15) is 13.2 Å². The van der Waals surface area contributed by atoms with E-state index in [9.17, 15) is 13.2 Å². The second-order valence-corrected chi connectivity index (χ2v) is 3.70. The van der Waals surface area contributed by atoms with Crippen LogP contribution in [-0.2, 0) is 4.74 Å². The molecule has 90 valence electrons. The Balaban J connectivity index is 2.45. The summed E-state index contributed by atoms with van der Waals surface area (Å²) in [6.07, 6.45) is -4.28. The predicted octanol–water partition coefficient (Wildman–Crippen LogP) is 3.59. The number of rotatable bonds is 5. The van der Waals surface area contributed by atoms with Crippen LogP contribution in [-0.4, -0.2) is 25.3 Å². The van der Waals surface area contributed by atoms with Gasteiger partial charge in [0.25, 0.3) is 0 Å². The molecule has 1 unspecified atom stereocenters. The molecule has 0 saturated heterocycles. The van der Waals surface area contributed by atoms with Crippen LogP contribution in [0.3, 0.4) is 0 Å². The van der Waals surface area contributed by atoms with Crippen molar-refractivity contribution >= 4 is 11.6 Å². The van der Waals surface area contributed by atoms with Crippen LogP contribution in [0, 0.1) is 0 Å². The zero-order chi connectivity index (χ0) is 12.0. The lowest BCUT2D eigenvalue weighted by atomic mass is 10.0. The molecule has 5 heteroatoms. The van der Waals surface area contributed by atoms with Crippen LogP contribution < -0.4 is 0 Å². The van der Waals surface area contributed by atoms with E-state index in [4.69, 9.17) is 11.6 Å². The minimum absolute atomic E-state index is 0.0208. The van der Waals surface area contributed by atoms with Crippen LogP contribution in [0.4, 0.5) is 13.2 Å². The van der Waals surface area contributed by atoms with Gasteiger partial charge in [-0.1, -0.05) is 30.3 Å². The van der Waals surface area contributed by atoms with Gasteiger partial charge in [-0.3, -0.25) is 0 Å². The number of halogens is 4. The van der Waals surface area contributed by atoms with E-state index in [1.165, 1.54) is 0 Å². The highest BCUT2D eigenvalue weighted by Crippen LogP contribution is 2.20. The average molecular weight is 253 g/mol. The topological polar surface area (TPSA) is 9.23 Å². The van der Waals surface area contributed by atoms with Gasteiger partial charge in [0.2, 0.25) is 0 Å². The van der Waals surface area contributed by atoms with E-state index >= 15 is 0 Å². The molecule has 1 aromatic rings. The largest absolute Gasteiger partial charge is 0.411 e. The van der Waals surface area contributed by atoms with Gasteiger partial charge in [0.15, 0.2) is 0 Å². The normalized spacial score (nSPS) is 13.8. The average Bonchev–Trinajstić information content (AvgIpc) is 2.24. The van der Waals surface area contributed by atoms with Crippen molar-refractivity contribution in [3.8, 4) is 0 Å². The quantitative estimate of drug-likeness (QED) is 0.728. The van der Waals surface area contributed by atoms with Crippen molar-refractivity contribution in [3.05, 3.63) is 35.9 Å². The van der Waals surface area contributed by atoms with E-state index in [-0.39, 0.29) is 18.4 Å². The van der Waals surface area contributed by atoms with Gasteiger partial charge in [0.05, 0.1) is 6.61 Å². The Bertz CT molecular complexity index is 300. The molecule has 0 aromatic heterocycles. The Kier molecular flexibility index (Phi) is 5.09. The molecule has 0 bridgehead atoms. The molecule has 1 aromatic carbocycles. The van der Waals surface area contributed by atoms with Gasteiger partial charge >= 0.3 is 6.18 Å². The summed E-state index contributed by atoms with van der Waals surface area (Å²) in [5, 5.41) is 0. The summed E-state index contributed by atoms with van der Waals surface area (Å²) in [6, 6.07) is 9.12. The second kappa shape index (κ2) is 6.11. The van der Waals surface area contributed by atoms with Crippen molar-refractivity contribution in [2.45, 2.75) is 12.1 Å². The van der Waals surface area contributed by atoms with Gasteiger partial charge in [-0.05, 0) is 5.56 Å². The third-order valence-electron chi connectivity index (χ3n) is 2.04. The van der Waals surface area contributed by atoms with Crippen LogP contribution in [0.2, 0.25) is 0 Å². The molecule has 0 saturated carbocycles. The SMILES string of the molecule is FC(F)(F)COCC(CCl)c1ccccc1. The standard InChI is InChI=1S/C11H12ClF3O/c12-6-10(7-16-8-11(13,14)15)9-4-2-1-3-5-9/h1-5,10H,6-8H2. The first-order chi connectivity index (χ1) is 7.53. The minimum atomic E-state index is -4.28. The van der Waals surface area contributed by atoms with Crippen molar-refractivity contribution in [1.29, 1.82) is 0 Å². The monoisotopic (exact) mass is 252 g/mol. The molecule has 0 spiro atoms. The van der Waals surface area contributed by atoms with E-state index in [0.717, 1.165) is 5.56 Å². The molecule has 0 radical (unpaired) electrons. The Labute approximate surface area is 97.2 Å². The predicted molar refractivity (Wildman–Crippen MR) is 56.8 cm³/mol. The lowest BCUT2D eigenvalue weighted by Crippen LogP contribution is -2.20. The maximum Gasteiger partial charge on any atom is 0.411 e. The van der Waals surface area contributed by atoms with Crippen molar-refractivity contribution < 1.29 is 17.9 Å². The van der Waals surface area contributed by atoms with Gasteiger partial charge in [0, 0.05) is 11.8 Å². The van der Waals surface area contributed by atoms with Gasteiger partial charge in [0.1, 0.15) is 6.61 Å². The smallest absolute Gasteiger partial charge is 0.371 e. The molecule has 16 heavy (non-hydrogen) atoms. The summed E-state index contributed by atoms with van der Waals surface area (Å²) < 4.78 is 40.2.